The van der Waals surface area contributed by atoms with Gasteiger partial charge in [-0.1, -0.05) is 6.07 Å². The van der Waals surface area contributed by atoms with Crippen molar-refractivity contribution in [2.24, 2.45) is 5.92 Å². The number of rotatable bonds is 4. The van der Waals surface area contributed by atoms with Gasteiger partial charge in [0.2, 0.25) is 15.9 Å². The molecule has 2 fully saturated rings. The van der Waals surface area contributed by atoms with E-state index in [1.807, 2.05) is 24.8 Å². The highest BCUT2D eigenvalue weighted by Crippen LogP contribution is 2.25. The molecule has 0 aliphatic carbocycles. The number of amides is 1. The Balaban J connectivity index is 1.38. The molecule has 31 heavy (non-hydrogen) atoms. The molecule has 1 atom stereocenters. The number of piperidine rings is 1. The first-order chi connectivity index (χ1) is 14.9. The SMILES string of the molecule is Cc1ccc(S(=O)(=O)N2CCN(C(=O)C3CCCN(c4cnccn4)C3)CC2)cc1C. The lowest BCUT2D eigenvalue weighted by molar-refractivity contribution is -0.137. The second-order valence-electron chi connectivity index (χ2n) is 8.32. The Morgan fingerprint density at radius 3 is 2.48 bits per heavy atom. The van der Waals surface area contributed by atoms with Gasteiger partial charge in [-0.2, -0.15) is 4.31 Å². The van der Waals surface area contributed by atoms with Crippen molar-refractivity contribution in [2.75, 3.05) is 44.2 Å². The molecular weight excluding hydrogens is 414 g/mol. The molecule has 0 bridgehead atoms. The van der Waals surface area contributed by atoms with E-state index in [0.717, 1.165) is 36.3 Å². The van der Waals surface area contributed by atoms with E-state index in [4.69, 9.17) is 0 Å². The standard InChI is InChI=1S/C22H29N5O3S/c1-17-5-6-20(14-18(17)2)31(29,30)27-12-10-25(11-13-27)22(28)19-4-3-9-26(16-19)21-15-23-7-8-24-21/h5-8,14-15,19H,3-4,9-13,16H2,1-2H3. The van der Waals surface area contributed by atoms with Crippen molar-refractivity contribution in [3.63, 3.8) is 0 Å². The van der Waals surface area contributed by atoms with E-state index in [2.05, 4.69) is 14.9 Å². The van der Waals surface area contributed by atoms with Crippen molar-refractivity contribution in [1.82, 2.24) is 19.2 Å². The minimum absolute atomic E-state index is 0.0985. The summed E-state index contributed by atoms with van der Waals surface area (Å²) in [6.07, 6.45) is 6.80. The molecule has 8 nitrogen and oxygen atoms in total. The molecule has 2 aliphatic rings. The predicted molar refractivity (Wildman–Crippen MR) is 118 cm³/mol. The van der Waals surface area contributed by atoms with Crippen LogP contribution in [0.3, 0.4) is 0 Å². The fraction of sp³-hybridized carbons (Fsp3) is 0.500. The predicted octanol–water partition coefficient (Wildman–Crippen LogP) is 1.84. The van der Waals surface area contributed by atoms with Crippen LogP contribution in [-0.4, -0.2) is 72.8 Å². The summed E-state index contributed by atoms with van der Waals surface area (Å²) in [6, 6.07) is 5.23. The Bertz CT molecular complexity index is 1040. The maximum absolute atomic E-state index is 13.1. The van der Waals surface area contributed by atoms with Gasteiger partial charge in [0.1, 0.15) is 5.82 Å². The van der Waals surface area contributed by atoms with E-state index in [9.17, 15) is 13.2 Å². The molecule has 166 valence electrons. The summed E-state index contributed by atoms with van der Waals surface area (Å²) in [5.41, 5.74) is 2.03. The number of hydrogen-bond donors (Lipinski definition) is 0. The van der Waals surface area contributed by atoms with E-state index >= 15 is 0 Å². The Kier molecular flexibility index (Phi) is 6.24. The molecule has 1 unspecified atom stereocenters. The number of aryl methyl sites for hydroxylation is 2. The van der Waals surface area contributed by atoms with Gasteiger partial charge < -0.3 is 9.80 Å². The molecule has 4 rings (SSSR count). The van der Waals surface area contributed by atoms with Crippen LogP contribution in [0.25, 0.3) is 0 Å². The minimum atomic E-state index is -3.55. The summed E-state index contributed by atoms with van der Waals surface area (Å²) < 4.78 is 27.6. The zero-order valence-corrected chi connectivity index (χ0v) is 18.9. The van der Waals surface area contributed by atoms with Crippen LogP contribution in [-0.2, 0) is 14.8 Å². The number of anilines is 1. The van der Waals surface area contributed by atoms with Crippen LogP contribution in [0.4, 0.5) is 5.82 Å². The van der Waals surface area contributed by atoms with Crippen LogP contribution in [0.15, 0.2) is 41.7 Å². The van der Waals surface area contributed by atoms with Crippen LogP contribution in [0.1, 0.15) is 24.0 Å². The first kappa shape index (κ1) is 21.7. The van der Waals surface area contributed by atoms with E-state index in [1.54, 1.807) is 30.7 Å². The van der Waals surface area contributed by atoms with Gasteiger partial charge in [0.25, 0.3) is 0 Å². The molecule has 0 N–H and O–H groups in total. The van der Waals surface area contributed by atoms with Crippen LogP contribution in [0.2, 0.25) is 0 Å². The molecule has 0 spiro atoms. The highest BCUT2D eigenvalue weighted by atomic mass is 32.2. The number of benzene rings is 1. The number of carbonyl (C=O) groups excluding carboxylic acids is 1. The van der Waals surface area contributed by atoms with Gasteiger partial charge in [0.15, 0.2) is 0 Å². The second kappa shape index (κ2) is 8.92. The second-order valence-corrected chi connectivity index (χ2v) is 10.3. The Morgan fingerprint density at radius 1 is 1.03 bits per heavy atom. The zero-order chi connectivity index (χ0) is 22.0. The Hall–Kier alpha value is -2.52. The quantitative estimate of drug-likeness (QED) is 0.717. The fourth-order valence-corrected chi connectivity index (χ4v) is 5.78. The topological polar surface area (TPSA) is 86.7 Å². The normalized spacial score (nSPS) is 20.6. The smallest absolute Gasteiger partial charge is 0.243 e. The average molecular weight is 444 g/mol. The van der Waals surface area contributed by atoms with Crippen LogP contribution >= 0.6 is 0 Å². The lowest BCUT2D eigenvalue weighted by Crippen LogP contribution is -2.53. The number of aromatic nitrogens is 2. The maximum atomic E-state index is 13.1. The summed E-state index contributed by atoms with van der Waals surface area (Å²) in [5, 5.41) is 0. The van der Waals surface area contributed by atoms with E-state index in [1.165, 1.54) is 4.31 Å². The third kappa shape index (κ3) is 4.57. The number of piperazine rings is 1. The first-order valence-corrected chi connectivity index (χ1v) is 12.2. The van der Waals surface area contributed by atoms with Gasteiger partial charge in [-0.25, -0.2) is 13.4 Å². The van der Waals surface area contributed by atoms with Crippen molar-refractivity contribution in [3.8, 4) is 0 Å². The molecule has 1 amide bonds. The number of carbonyl (C=O) groups is 1. The van der Waals surface area contributed by atoms with Gasteiger partial charge in [-0.3, -0.25) is 9.78 Å². The molecule has 2 saturated heterocycles. The third-order valence-corrected chi connectivity index (χ3v) is 8.21. The third-order valence-electron chi connectivity index (χ3n) is 6.31. The van der Waals surface area contributed by atoms with E-state index in [-0.39, 0.29) is 11.8 Å². The molecule has 0 saturated carbocycles. The summed E-state index contributed by atoms with van der Waals surface area (Å²) in [5.74, 6) is 0.805. The van der Waals surface area contributed by atoms with Crippen molar-refractivity contribution in [3.05, 3.63) is 47.9 Å². The lowest BCUT2D eigenvalue weighted by atomic mass is 9.96. The summed E-state index contributed by atoms with van der Waals surface area (Å²) in [4.78, 5) is 25.9. The van der Waals surface area contributed by atoms with E-state index < -0.39 is 10.0 Å². The maximum Gasteiger partial charge on any atom is 0.243 e. The van der Waals surface area contributed by atoms with Crippen LogP contribution < -0.4 is 4.90 Å². The van der Waals surface area contributed by atoms with Crippen molar-refractivity contribution >= 4 is 21.7 Å². The largest absolute Gasteiger partial charge is 0.355 e. The Morgan fingerprint density at radius 2 is 1.81 bits per heavy atom. The molecule has 2 aromatic rings. The Labute approximate surface area is 183 Å². The monoisotopic (exact) mass is 443 g/mol. The average Bonchev–Trinajstić information content (AvgIpc) is 2.81. The molecule has 0 radical (unpaired) electrons. The zero-order valence-electron chi connectivity index (χ0n) is 18.1. The summed E-state index contributed by atoms with van der Waals surface area (Å²) >= 11 is 0. The minimum Gasteiger partial charge on any atom is -0.355 e. The van der Waals surface area contributed by atoms with Crippen molar-refractivity contribution in [1.29, 1.82) is 0 Å². The van der Waals surface area contributed by atoms with Crippen molar-refractivity contribution < 1.29 is 13.2 Å². The molecule has 2 aliphatic heterocycles. The van der Waals surface area contributed by atoms with E-state index in [0.29, 0.717) is 37.6 Å². The molecule has 3 heterocycles. The first-order valence-electron chi connectivity index (χ1n) is 10.7. The van der Waals surface area contributed by atoms with Gasteiger partial charge in [-0.05, 0) is 49.9 Å². The summed E-state index contributed by atoms with van der Waals surface area (Å²) in [6.45, 7) is 6.85. The fourth-order valence-electron chi connectivity index (χ4n) is 4.27. The van der Waals surface area contributed by atoms with Crippen LogP contribution in [0, 0.1) is 19.8 Å². The van der Waals surface area contributed by atoms with Crippen molar-refractivity contribution in [2.45, 2.75) is 31.6 Å². The molecular formula is C22H29N5O3S. The summed E-state index contributed by atoms with van der Waals surface area (Å²) in [7, 11) is -3.55. The van der Waals surface area contributed by atoms with Gasteiger partial charge in [0.05, 0.1) is 17.0 Å². The number of sulfonamides is 1. The molecule has 9 heteroatoms. The number of nitrogens with zero attached hydrogens (tertiary/aromatic N) is 5. The highest BCUT2D eigenvalue weighted by molar-refractivity contribution is 7.89. The van der Waals surface area contributed by atoms with Crippen LogP contribution in [0.5, 0.6) is 0 Å². The molecule has 1 aromatic heterocycles. The highest BCUT2D eigenvalue weighted by Gasteiger charge is 2.34. The van der Waals surface area contributed by atoms with Gasteiger partial charge >= 0.3 is 0 Å². The van der Waals surface area contributed by atoms with Gasteiger partial charge in [-0.15, -0.1) is 0 Å². The molecule has 1 aromatic carbocycles. The lowest BCUT2D eigenvalue weighted by Gasteiger charge is -2.38. The van der Waals surface area contributed by atoms with Gasteiger partial charge in [0, 0.05) is 51.7 Å². The number of hydrogen-bond acceptors (Lipinski definition) is 6.